The summed E-state index contributed by atoms with van der Waals surface area (Å²) < 4.78 is 30.0. The predicted molar refractivity (Wildman–Crippen MR) is 92.4 cm³/mol. The number of carbonyl (C=O) groups is 1. The van der Waals surface area contributed by atoms with E-state index in [0.29, 0.717) is 28.3 Å². The second-order valence-corrected chi connectivity index (χ2v) is 5.63. The number of amides is 1. The number of halogens is 2. The molecular weight excluding hydrogens is 381 g/mol. The molecule has 1 N–H and O–H groups in total. The zero-order chi connectivity index (χ0) is 17.5. The number of nitrogens with one attached hydrogen (secondary N) is 1. The molecule has 7 heteroatoms. The molecular formula is C17H17BrFNO4. The van der Waals surface area contributed by atoms with E-state index in [2.05, 4.69) is 21.2 Å². The molecule has 0 saturated heterocycles. The molecule has 0 spiro atoms. The second kappa shape index (κ2) is 8.54. The second-order valence-electron chi connectivity index (χ2n) is 4.71. The lowest BCUT2D eigenvalue weighted by atomic mass is 10.2. The lowest BCUT2D eigenvalue weighted by Gasteiger charge is -2.12. The van der Waals surface area contributed by atoms with Crippen LogP contribution in [0.2, 0.25) is 0 Å². The summed E-state index contributed by atoms with van der Waals surface area (Å²) in [5.41, 5.74) is 0.528. The first-order valence-corrected chi connectivity index (χ1v) is 8.01. The van der Waals surface area contributed by atoms with Crippen LogP contribution in [0, 0.1) is 5.82 Å². The molecule has 2 aromatic rings. The molecule has 2 aromatic carbocycles. The number of methoxy groups -OCH3 is 1. The van der Waals surface area contributed by atoms with Crippen LogP contribution in [0.25, 0.3) is 0 Å². The predicted octanol–water partition coefficient (Wildman–Crippen LogP) is 4.01. The number of hydrogen-bond acceptors (Lipinski definition) is 4. The molecule has 0 unspecified atom stereocenters. The fourth-order valence-corrected chi connectivity index (χ4v) is 2.29. The fourth-order valence-electron chi connectivity index (χ4n) is 1.95. The van der Waals surface area contributed by atoms with Crippen molar-refractivity contribution in [3.05, 3.63) is 46.7 Å². The molecule has 0 aliphatic rings. The largest absolute Gasteiger partial charge is 0.493 e. The molecule has 0 heterocycles. The van der Waals surface area contributed by atoms with Crippen molar-refractivity contribution < 1.29 is 23.4 Å². The van der Waals surface area contributed by atoms with E-state index in [-0.39, 0.29) is 12.4 Å². The molecule has 0 fully saturated rings. The van der Waals surface area contributed by atoms with E-state index in [1.807, 2.05) is 6.92 Å². The van der Waals surface area contributed by atoms with Gasteiger partial charge in [-0.25, -0.2) is 4.39 Å². The average molecular weight is 398 g/mol. The van der Waals surface area contributed by atoms with Crippen molar-refractivity contribution in [2.24, 2.45) is 0 Å². The number of rotatable bonds is 7. The highest BCUT2D eigenvalue weighted by atomic mass is 79.9. The molecule has 0 saturated carbocycles. The van der Waals surface area contributed by atoms with Gasteiger partial charge in [0.1, 0.15) is 0 Å². The molecule has 128 valence electrons. The third-order valence-corrected chi connectivity index (χ3v) is 3.49. The maximum absolute atomic E-state index is 13.6. The Labute approximate surface area is 147 Å². The minimum atomic E-state index is -0.542. The number of hydrogen-bond donors (Lipinski definition) is 1. The molecule has 0 bridgehead atoms. The van der Waals surface area contributed by atoms with Crippen molar-refractivity contribution in [1.82, 2.24) is 0 Å². The highest BCUT2D eigenvalue weighted by Gasteiger charge is 2.10. The van der Waals surface area contributed by atoms with Crippen LogP contribution in [-0.4, -0.2) is 26.2 Å². The molecule has 0 aliphatic heterocycles. The summed E-state index contributed by atoms with van der Waals surface area (Å²) in [6.07, 6.45) is 0. The standard InChI is InChI=1S/C17H17BrFNO4/c1-3-23-15-7-5-12(9-16(15)22-2)20-17(21)10-24-14-6-4-11(18)8-13(14)19/h4-9H,3,10H2,1-2H3,(H,20,21). The van der Waals surface area contributed by atoms with Crippen LogP contribution >= 0.6 is 15.9 Å². The fraction of sp³-hybridized carbons (Fsp3) is 0.235. The summed E-state index contributed by atoms with van der Waals surface area (Å²) in [7, 11) is 1.52. The summed E-state index contributed by atoms with van der Waals surface area (Å²) in [6, 6.07) is 9.38. The van der Waals surface area contributed by atoms with Crippen molar-refractivity contribution in [3.63, 3.8) is 0 Å². The van der Waals surface area contributed by atoms with E-state index in [4.69, 9.17) is 14.2 Å². The van der Waals surface area contributed by atoms with Crippen molar-refractivity contribution in [1.29, 1.82) is 0 Å². The first-order valence-electron chi connectivity index (χ1n) is 7.22. The zero-order valence-electron chi connectivity index (χ0n) is 13.3. The van der Waals surface area contributed by atoms with Crippen LogP contribution in [-0.2, 0) is 4.79 Å². The molecule has 24 heavy (non-hydrogen) atoms. The summed E-state index contributed by atoms with van der Waals surface area (Å²) in [6.45, 7) is 2.07. The number of carbonyl (C=O) groups excluding carboxylic acids is 1. The summed E-state index contributed by atoms with van der Waals surface area (Å²) in [5.74, 6) is 0.154. The zero-order valence-corrected chi connectivity index (χ0v) is 14.9. The lowest BCUT2D eigenvalue weighted by molar-refractivity contribution is -0.118. The van der Waals surface area contributed by atoms with Crippen molar-refractivity contribution in [3.8, 4) is 17.2 Å². The van der Waals surface area contributed by atoms with Crippen LogP contribution in [0.3, 0.4) is 0 Å². The summed E-state index contributed by atoms with van der Waals surface area (Å²) >= 11 is 3.15. The first kappa shape index (κ1) is 18.1. The van der Waals surface area contributed by atoms with E-state index in [1.54, 1.807) is 24.3 Å². The van der Waals surface area contributed by atoms with Gasteiger partial charge in [0.25, 0.3) is 5.91 Å². The third-order valence-electron chi connectivity index (χ3n) is 3.00. The molecule has 0 aliphatic carbocycles. The Morgan fingerprint density at radius 1 is 1.12 bits per heavy atom. The SMILES string of the molecule is CCOc1ccc(NC(=O)COc2ccc(Br)cc2F)cc1OC. The highest BCUT2D eigenvalue weighted by molar-refractivity contribution is 9.10. The van der Waals surface area contributed by atoms with Gasteiger partial charge in [-0.15, -0.1) is 0 Å². The van der Waals surface area contributed by atoms with Gasteiger partial charge in [0, 0.05) is 16.2 Å². The maximum atomic E-state index is 13.6. The van der Waals surface area contributed by atoms with Crippen LogP contribution in [0.4, 0.5) is 10.1 Å². The molecule has 2 rings (SSSR count). The minimum Gasteiger partial charge on any atom is -0.493 e. The van der Waals surface area contributed by atoms with Gasteiger partial charge in [0.05, 0.1) is 13.7 Å². The van der Waals surface area contributed by atoms with Crippen molar-refractivity contribution in [2.45, 2.75) is 6.92 Å². The molecule has 0 aromatic heterocycles. The van der Waals surface area contributed by atoms with Gasteiger partial charge in [-0.2, -0.15) is 0 Å². The Bertz CT molecular complexity index is 724. The van der Waals surface area contributed by atoms with Gasteiger partial charge in [0.2, 0.25) is 0 Å². The van der Waals surface area contributed by atoms with E-state index >= 15 is 0 Å². The number of benzene rings is 2. The van der Waals surface area contributed by atoms with Crippen LogP contribution in [0.5, 0.6) is 17.2 Å². The van der Waals surface area contributed by atoms with Gasteiger partial charge in [0.15, 0.2) is 29.7 Å². The molecule has 0 radical (unpaired) electrons. The number of ether oxygens (including phenoxy) is 3. The van der Waals surface area contributed by atoms with E-state index < -0.39 is 11.7 Å². The summed E-state index contributed by atoms with van der Waals surface area (Å²) in [5, 5.41) is 2.66. The van der Waals surface area contributed by atoms with Crippen LogP contribution in [0.15, 0.2) is 40.9 Å². The lowest BCUT2D eigenvalue weighted by Crippen LogP contribution is -2.20. The van der Waals surface area contributed by atoms with E-state index in [1.165, 1.54) is 19.2 Å². The molecule has 5 nitrogen and oxygen atoms in total. The number of anilines is 1. The van der Waals surface area contributed by atoms with E-state index in [9.17, 15) is 9.18 Å². The average Bonchev–Trinajstić information content (AvgIpc) is 2.55. The molecule has 1 amide bonds. The van der Waals surface area contributed by atoms with Crippen molar-refractivity contribution >= 4 is 27.5 Å². The smallest absolute Gasteiger partial charge is 0.262 e. The highest BCUT2D eigenvalue weighted by Crippen LogP contribution is 2.30. The quantitative estimate of drug-likeness (QED) is 0.766. The van der Waals surface area contributed by atoms with Gasteiger partial charge in [-0.1, -0.05) is 15.9 Å². The summed E-state index contributed by atoms with van der Waals surface area (Å²) in [4.78, 5) is 11.9. The maximum Gasteiger partial charge on any atom is 0.262 e. The van der Waals surface area contributed by atoms with Gasteiger partial charge in [-0.05, 0) is 37.3 Å². The normalized spacial score (nSPS) is 10.2. The van der Waals surface area contributed by atoms with Crippen molar-refractivity contribution in [2.75, 3.05) is 25.6 Å². The Hall–Kier alpha value is -2.28. The van der Waals surface area contributed by atoms with E-state index in [0.717, 1.165) is 0 Å². The Kier molecular flexibility index (Phi) is 6.43. The third kappa shape index (κ3) is 4.86. The van der Waals surface area contributed by atoms with Gasteiger partial charge >= 0.3 is 0 Å². The first-order chi connectivity index (χ1) is 11.5. The van der Waals surface area contributed by atoms with Gasteiger partial charge < -0.3 is 19.5 Å². The molecule has 0 atom stereocenters. The topological polar surface area (TPSA) is 56.8 Å². The monoisotopic (exact) mass is 397 g/mol. The van der Waals surface area contributed by atoms with Crippen LogP contribution < -0.4 is 19.5 Å². The van der Waals surface area contributed by atoms with Crippen LogP contribution in [0.1, 0.15) is 6.92 Å². The Balaban J connectivity index is 1.96. The Morgan fingerprint density at radius 2 is 1.88 bits per heavy atom. The Morgan fingerprint density at radius 3 is 2.54 bits per heavy atom. The van der Waals surface area contributed by atoms with Gasteiger partial charge in [-0.3, -0.25) is 4.79 Å². The minimum absolute atomic E-state index is 0.0117.